The third-order valence-corrected chi connectivity index (χ3v) is 9.99. The lowest BCUT2D eigenvalue weighted by atomic mass is 10.0. The summed E-state index contributed by atoms with van der Waals surface area (Å²) in [5.74, 6) is -0.969. The highest BCUT2D eigenvalue weighted by atomic mass is 32.2. The molecule has 0 heterocycles. The van der Waals surface area contributed by atoms with Crippen LogP contribution in [-0.4, -0.2) is 41.9 Å². The van der Waals surface area contributed by atoms with Gasteiger partial charge >= 0.3 is 0 Å². The first-order chi connectivity index (χ1) is 22.3. The number of unbranched alkanes of at least 4 members (excludes halogenated alkanes) is 28. The van der Waals surface area contributed by atoms with E-state index < -0.39 is 28.0 Å². The van der Waals surface area contributed by atoms with E-state index >= 15 is 0 Å². The average Bonchev–Trinajstić information content (AvgIpc) is 3.01. The molecule has 274 valence electrons. The van der Waals surface area contributed by atoms with Gasteiger partial charge < -0.3 is 10.4 Å². The Balaban J connectivity index is 3.89. The van der Waals surface area contributed by atoms with Gasteiger partial charge in [0.15, 0.2) is 0 Å². The molecule has 7 heteroatoms. The molecule has 0 radical (unpaired) electrons. The van der Waals surface area contributed by atoms with Crippen molar-refractivity contribution in [1.82, 2.24) is 5.32 Å². The van der Waals surface area contributed by atoms with Gasteiger partial charge in [0.05, 0.1) is 17.9 Å². The van der Waals surface area contributed by atoms with E-state index in [-0.39, 0.29) is 5.91 Å². The van der Waals surface area contributed by atoms with Gasteiger partial charge in [0.1, 0.15) is 0 Å². The van der Waals surface area contributed by atoms with Gasteiger partial charge in [-0.15, -0.1) is 0 Å². The number of aliphatic hydroxyl groups is 1. The number of rotatable bonds is 36. The number of aliphatic hydroxyl groups excluding tert-OH is 1. The Morgan fingerprint density at radius 2 is 0.891 bits per heavy atom. The fourth-order valence-electron chi connectivity index (χ4n) is 6.21. The molecule has 0 aromatic heterocycles. The van der Waals surface area contributed by atoms with Crippen molar-refractivity contribution in [2.24, 2.45) is 0 Å². The molecule has 0 saturated carbocycles. The zero-order chi connectivity index (χ0) is 34.0. The summed E-state index contributed by atoms with van der Waals surface area (Å²) in [6.45, 7) is 4.51. The van der Waals surface area contributed by atoms with Crippen molar-refractivity contribution in [1.29, 1.82) is 0 Å². The van der Waals surface area contributed by atoms with Gasteiger partial charge in [-0.3, -0.25) is 9.35 Å². The van der Waals surface area contributed by atoms with Gasteiger partial charge in [0.25, 0.3) is 10.1 Å². The maximum absolute atomic E-state index is 12.5. The maximum atomic E-state index is 12.5. The number of allylic oxidation sites excluding steroid dienone is 1. The third kappa shape index (κ3) is 34.4. The van der Waals surface area contributed by atoms with Crippen molar-refractivity contribution >= 4 is 16.0 Å². The summed E-state index contributed by atoms with van der Waals surface area (Å²) >= 11 is 0. The van der Waals surface area contributed by atoms with Crippen LogP contribution in [0.5, 0.6) is 0 Å². The van der Waals surface area contributed by atoms with Gasteiger partial charge in [-0.1, -0.05) is 199 Å². The van der Waals surface area contributed by atoms with Crippen molar-refractivity contribution < 1.29 is 22.9 Å². The molecule has 0 aromatic carbocycles. The highest BCUT2D eigenvalue weighted by Crippen LogP contribution is 2.15. The Labute approximate surface area is 286 Å². The van der Waals surface area contributed by atoms with E-state index in [4.69, 9.17) is 0 Å². The molecule has 3 N–H and O–H groups in total. The first kappa shape index (κ1) is 45.1. The molecule has 0 bridgehead atoms. The molecule has 6 nitrogen and oxygen atoms in total. The van der Waals surface area contributed by atoms with Crippen LogP contribution in [0.25, 0.3) is 0 Å². The molecule has 0 fully saturated rings. The van der Waals surface area contributed by atoms with Crippen LogP contribution in [0.15, 0.2) is 12.2 Å². The molecule has 1 amide bonds. The predicted octanol–water partition coefficient (Wildman–Crippen LogP) is 11.4. The second-order valence-corrected chi connectivity index (χ2v) is 15.4. The van der Waals surface area contributed by atoms with Crippen LogP contribution in [0.4, 0.5) is 0 Å². The Hall–Kier alpha value is -0.920. The number of carbonyl (C=O) groups is 1. The van der Waals surface area contributed by atoms with Gasteiger partial charge in [0, 0.05) is 6.42 Å². The lowest BCUT2D eigenvalue weighted by molar-refractivity contribution is -0.122. The Morgan fingerprint density at radius 3 is 1.24 bits per heavy atom. The fourth-order valence-corrected chi connectivity index (χ4v) is 6.95. The van der Waals surface area contributed by atoms with Crippen molar-refractivity contribution in [2.45, 2.75) is 225 Å². The minimum absolute atomic E-state index is 0.277. The molecule has 46 heavy (non-hydrogen) atoms. The van der Waals surface area contributed by atoms with Crippen LogP contribution >= 0.6 is 0 Å². The minimum Gasteiger partial charge on any atom is -0.387 e. The lowest BCUT2D eigenvalue weighted by Crippen LogP contribution is -2.46. The summed E-state index contributed by atoms with van der Waals surface area (Å²) in [7, 11) is -4.33. The smallest absolute Gasteiger partial charge is 0.267 e. The number of carbonyl (C=O) groups excluding carboxylic acids is 1. The van der Waals surface area contributed by atoms with E-state index in [1.807, 2.05) is 6.08 Å². The first-order valence-electron chi connectivity index (χ1n) is 19.9. The molecule has 2 unspecified atom stereocenters. The number of hydrogen-bond acceptors (Lipinski definition) is 4. The normalized spacial score (nSPS) is 13.4. The summed E-state index contributed by atoms with van der Waals surface area (Å²) in [6, 6.07) is -1.05. The summed E-state index contributed by atoms with van der Waals surface area (Å²) in [6.07, 6.45) is 40.5. The molecular formula is C39H77NO5S. The molecule has 0 spiro atoms. The SMILES string of the molecule is CCCCCCCCCCCCCCCCCCC/C=C/C(O)C(CS(=O)(=O)O)NC(=O)CCCCCCCCCCCCCC. The molecule has 0 rings (SSSR count). The van der Waals surface area contributed by atoms with Gasteiger partial charge in [-0.2, -0.15) is 8.42 Å². The van der Waals surface area contributed by atoms with Crippen molar-refractivity contribution in [2.75, 3.05) is 5.75 Å². The van der Waals surface area contributed by atoms with E-state index in [2.05, 4.69) is 19.2 Å². The highest BCUT2D eigenvalue weighted by Gasteiger charge is 2.24. The molecular weight excluding hydrogens is 594 g/mol. The predicted molar refractivity (Wildman–Crippen MR) is 198 cm³/mol. The molecule has 0 aliphatic heterocycles. The maximum Gasteiger partial charge on any atom is 0.267 e. The minimum atomic E-state index is -4.33. The molecule has 2 atom stereocenters. The van der Waals surface area contributed by atoms with Gasteiger partial charge in [0.2, 0.25) is 5.91 Å². The number of nitrogens with one attached hydrogen (secondary N) is 1. The van der Waals surface area contributed by atoms with E-state index in [1.165, 1.54) is 154 Å². The third-order valence-electron chi connectivity index (χ3n) is 9.21. The van der Waals surface area contributed by atoms with Crippen molar-refractivity contribution in [3.05, 3.63) is 12.2 Å². The van der Waals surface area contributed by atoms with Crippen LogP contribution in [0.3, 0.4) is 0 Å². The molecule has 0 aliphatic carbocycles. The largest absolute Gasteiger partial charge is 0.387 e. The number of hydrogen-bond donors (Lipinski definition) is 3. The zero-order valence-electron chi connectivity index (χ0n) is 30.5. The summed E-state index contributed by atoms with van der Waals surface area (Å²) in [5.41, 5.74) is 0. The van der Waals surface area contributed by atoms with Crippen LogP contribution in [-0.2, 0) is 14.9 Å². The summed E-state index contributed by atoms with van der Waals surface area (Å²) < 4.78 is 32.4. The van der Waals surface area contributed by atoms with Crippen molar-refractivity contribution in [3.63, 3.8) is 0 Å². The van der Waals surface area contributed by atoms with Gasteiger partial charge in [-0.25, -0.2) is 0 Å². The van der Waals surface area contributed by atoms with E-state index in [9.17, 15) is 22.9 Å². The lowest BCUT2D eigenvalue weighted by Gasteiger charge is -2.21. The molecule has 0 aliphatic rings. The van der Waals surface area contributed by atoms with Crippen LogP contribution in [0.2, 0.25) is 0 Å². The summed E-state index contributed by atoms with van der Waals surface area (Å²) in [4.78, 5) is 12.5. The highest BCUT2D eigenvalue weighted by molar-refractivity contribution is 7.85. The summed E-state index contributed by atoms with van der Waals surface area (Å²) in [5, 5.41) is 13.2. The van der Waals surface area contributed by atoms with E-state index in [0.717, 1.165) is 38.5 Å². The Bertz CT molecular complexity index is 785. The first-order valence-corrected chi connectivity index (χ1v) is 21.5. The Kier molecular flexibility index (Phi) is 33.3. The van der Waals surface area contributed by atoms with Gasteiger partial charge in [-0.05, 0) is 19.3 Å². The van der Waals surface area contributed by atoms with Crippen LogP contribution in [0.1, 0.15) is 213 Å². The Morgan fingerprint density at radius 1 is 0.565 bits per heavy atom. The molecule has 0 saturated heterocycles. The average molecular weight is 672 g/mol. The topological polar surface area (TPSA) is 104 Å². The quantitative estimate of drug-likeness (QED) is 0.0349. The zero-order valence-corrected chi connectivity index (χ0v) is 31.3. The monoisotopic (exact) mass is 672 g/mol. The van der Waals surface area contributed by atoms with Crippen molar-refractivity contribution in [3.8, 4) is 0 Å². The van der Waals surface area contributed by atoms with Crippen LogP contribution < -0.4 is 5.32 Å². The van der Waals surface area contributed by atoms with E-state index in [1.54, 1.807) is 6.08 Å². The fraction of sp³-hybridized carbons (Fsp3) is 0.923. The standard InChI is InChI=1S/C39H77NO5S/c1-3-5-7-9-11-13-15-17-18-19-20-21-22-23-24-26-28-30-32-34-38(41)37(36-46(43,44)45)40-39(42)35-33-31-29-27-25-16-14-12-10-8-6-4-2/h32,34,37-38,41H,3-31,33,35-36H2,1-2H3,(H,40,42)(H,43,44,45)/b34-32+. The van der Waals surface area contributed by atoms with Crippen LogP contribution in [0, 0.1) is 0 Å². The second-order valence-electron chi connectivity index (χ2n) is 13.9. The second kappa shape index (κ2) is 34.0. The molecule has 0 aromatic rings. The van der Waals surface area contributed by atoms with E-state index in [0.29, 0.717) is 6.42 Å². The number of amides is 1.